The van der Waals surface area contributed by atoms with Gasteiger partial charge in [0.2, 0.25) is 5.60 Å². The first-order valence-electron chi connectivity index (χ1n) is 21.2. The number of piperidine rings is 1. The highest BCUT2D eigenvalue weighted by Gasteiger charge is 2.80. The van der Waals surface area contributed by atoms with Crippen molar-refractivity contribution < 1.29 is 43.5 Å². The van der Waals surface area contributed by atoms with Gasteiger partial charge in [-0.05, 0) is 86.9 Å². The number of likely N-dealkylation sites (N-methyl/N-ethyl adjacent to an activating group) is 1. The van der Waals surface area contributed by atoms with E-state index in [0.717, 1.165) is 33.3 Å². The van der Waals surface area contributed by atoms with Gasteiger partial charge in [-0.1, -0.05) is 25.0 Å². The molecule has 60 heavy (non-hydrogen) atoms. The number of aromatic nitrogens is 1. The third-order valence-corrected chi connectivity index (χ3v) is 15.2. The van der Waals surface area contributed by atoms with Crippen LogP contribution in [0.15, 0.2) is 42.5 Å². The zero-order chi connectivity index (χ0) is 42.5. The zero-order valence-corrected chi connectivity index (χ0v) is 35.6. The second kappa shape index (κ2) is 14.4. The van der Waals surface area contributed by atoms with E-state index in [-0.39, 0.29) is 12.0 Å². The number of H-pyrrole nitrogens is 1. The molecule has 2 aromatic carbocycles. The molecular weight excluding hydrogens is 765 g/mol. The lowest BCUT2D eigenvalue weighted by molar-refractivity contribution is -0.228. The molecule has 13 heteroatoms. The van der Waals surface area contributed by atoms with Crippen LogP contribution in [0.3, 0.4) is 0 Å². The first-order valence-corrected chi connectivity index (χ1v) is 21.2. The van der Waals surface area contributed by atoms with Gasteiger partial charge in [0.25, 0.3) is 0 Å². The van der Waals surface area contributed by atoms with Crippen molar-refractivity contribution in [3.8, 4) is 17.6 Å². The molecule has 2 bridgehead atoms. The SMILES string of the molecule is CC#Cc1ccc2[nH]c3c(c2c1)CCN1C[C@@H](O)C[C@@H](C1)C[C@]3(C(=O)OC)c1cc2c(cc1OC)N(C)[C@H]1[C@@](O)(C(=O)OC)[C@H](OC(C)=O)[C@]3(CC)C=CCN4CC[C@]21[C@@H]43. The number of esters is 3. The molecule has 1 aliphatic carbocycles. The van der Waals surface area contributed by atoms with E-state index in [2.05, 4.69) is 38.8 Å². The Morgan fingerprint density at radius 3 is 2.50 bits per heavy atom. The van der Waals surface area contributed by atoms with Crippen LogP contribution in [-0.2, 0) is 45.8 Å². The van der Waals surface area contributed by atoms with Crippen LogP contribution in [0.25, 0.3) is 10.9 Å². The highest BCUT2D eigenvalue weighted by molar-refractivity contribution is 5.95. The lowest BCUT2D eigenvalue weighted by atomic mass is 9.47. The zero-order valence-electron chi connectivity index (χ0n) is 35.6. The Morgan fingerprint density at radius 1 is 1.02 bits per heavy atom. The standard InChI is InChI=1S/C47H56N4O9/c1-8-11-28-12-13-35-32(21-28)31-14-18-50-25-29(20-30(53)26-50)24-46(38(31)48-35,42(54)58-6)34-22-33-36(23-37(34)57-5)49(4)40-45(33)16-19-51-17-10-15-44(9-2,39(45)51)41(60-27(3)52)47(40,56)43(55)59-7/h10,12-13,15,21-23,29-30,39-41,48,53,56H,9,14,16-20,24-26H2,1-7H3/t29-,30+,39+,40-,41-,44-,45-,46+,47+/m1/s1. The number of carbonyl (C=O) groups excluding carboxylic acids is 3. The maximum Gasteiger partial charge on any atom is 0.344 e. The van der Waals surface area contributed by atoms with Crippen LogP contribution in [0, 0.1) is 23.2 Å². The fraction of sp³-hybridized carbons (Fsp3) is 0.553. The summed E-state index contributed by atoms with van der Waals surface area (Å²) in [5, 5.41) is 25.6. The normalized spacial score (nSPS) is 35.0. The van der Waals surface area contributed by atoms with Gasteiger partial charge >= 0.3 is 17.9 Å². The lowest BCUT2D eigenvalue weighted by Gasteiger charge is -2.63. The van der Waals surface area contributed by atoms with E-state index < -0.39 is 58.0 Å². The van der Waals surface area contributed by atoms with E-state index in [9.17, 15) is 19.8 Å². The van der Waals surface area contributed by atoms with E-state index in [1.807, 2.05) is 56.1 Å². The molecule has 1 aromatic heterocycles. The van der Waals surface area contributed by atoms with Crippen LogP contribution < -0.4 is 9.64 Å². The van der Waals surface area contributed by atoms with Crippen LogP contribution in [0.4, 0.5) is 5.69 Å². The number of benzene rings is 2. The highest BCUT2D eigenvalue weighted by Crippen LogP contribution is 2.68. The summed E-state index contributed by atoms with van der Waals surface area (Å²) in [5.41, 5.74) is -0.0571. The molecule has 2 saturated heterocycles. The second-order valence-corrected chi connectivity index (χ2v) is 17.9. The van der Waals surface area contributed by atoms with Crippen molar-refractivity contribution in [2.24, 2.45) is 11.3 Å². The number of fused-ring (bicyclic) bond motifs is 6. The number of hydrogen-bond acceptors (Lipinski definition) is 12. The smallest absolute Gasteiger partial charge is 0.344 e. The Labute approximate surface area is 351 Å². The van der Waals surface area contributed by atoms with Gasteiger partial charge in [0.1, 0.15) is 11.2 Å². The maximum atomic E-state index is 15.3. The van der Waals surface area contributed by atoms with Crippen LogP contribution in [0.2, 0.25) is 0 Å². The molecule has 1 spiro atoms. The quantitative estimate of drug-likeness (QED) is 0.144. The average molecular weight is 821 g/mol. The Balaban J connectivity index is 1.37. The molecular formula is C47H56N4O9. The molecule has 9 rings (SSSR count). The van der Waals surface area contributed by atoms with Crippen molar-refractivity contribution in [1.82, 2.24) is 14.8 Å². The predicted molar refractivity (Wildman–Crippen MR) is 224 cm³/mol. The van der Waals surface area contributed by atoms with Gasteiger partial charge in [-0.2, -0.15) is 0 Å². The number of aromatic amines is 1. The lowest BCUT2D eigenvalue weighted by Crippen LogP contribution is -2.81. The summed E-state index contributed by atoms with van der Waals surface area (Å²) in [7, 11) is 6.12. The third-order valence-electron chi connectivity index (χ3n) is 15.2. The molecule has 5 aliphatic heterocycles. The Bertz CT molecular complexity index is 2380. The molecule has 13 nitrogen and oxygen atoms in total. The number of aliphatic hydroxyl groups excluding tert-OH is 1. The Morgan fingerprint density at radius 2 is 1.80 bits per heavy atom. The van der Waals surface area contributed by atoms with Crippen molar-refractivity contribution in [3.63, 3.8) is 0 Å². The van der Waals surface area contributed by atoms with Gasteiger partial charge in [-0.3, -0.25) is 14.5 Å². The average Bonchev–Trinajstić information content (AvgIpc) is 3.89. The van der Waals surface area contributed by atoms with Crippen LogP contribution in [-0.4, -0.2) is 134 Å². The topological polar surface area (TPSA) is 154 Å². The summed E-state index contributed by atoms with van der Waals surface area (Å²) in [6.07, 6.45) is 4.70. The first-order chi connectivity index (χ1) is 28.8. The van der Waals surface area contributed by atoms with Gasteiger partial charge in [0.05, 0.1) is 33.5 Å². The maximum absolute atomic E-state index is 15.3. The van der Waals surface area contributed by atoms with E-state index in [1.54, 1.807) is 7.11 Å². The first kappa shape index (κ1) is 40.5. The van der Waals surface area contributed by atoms with Crippen molar-refractivity contribution in [3.05, 3.63) is 70.4 Å². The summed E-state index contributed by atoms with van der Waals surface area (Å²) >= 11 is 0. The van der Waals surface area contributed by atoms with Crippen molar-refractivity contribution in [1.29, 1.82) is 0 Å². The van der Waals surface area contributed by atoms with Crippen molar-refractivity contribution in [2.45, 2.75) is 93.6 Å². The van der Waals surface area contributed by atoms with Crippen LogP contribution >= 0.6 is 0 Å². The molecule has 3 N–H and O–H groups in total. The number of carbonyl (C=O) groups is 3. The van der Waals surface area contributed by atoms with E-state index >= 15 is 4.79 Å². The molecule has 10 atom stereocenters. The molecule has 0 amide bonds. The minimum Gasteiger partial charge on any atom is -0.496 e. The Kier molecular flexibility index (Phi) is 9.70. The number of hydrogen-bond donors (Lipinski definition) is 3. The predicted octanol–water partition coefficient (Wildman–Crippen LogP) is 3.58. The molecule has 318 valence electrons. The molecule has 3 fully saturated rings. The fourth-order valence-electron chi connectivity index (χ4n) is 13.3. The monoisotopic (exact) mass is 820 g/mol. The fourth-order valence-corrected chi connectivity index (χ4v) is 13.3. The number of methoxy groups -OCH3 is 3. The number of ether oxygens (including phenoxy) is 4. The largest absolute Gasteiger partial charge is 0.496 e. The molecule has 0 radical (unpaired) electrons. The molecule has 1 saturated carbocycles. The highest BCUT2D eigenvalue weighted by atomic mass is 16.6. The van der Waals surface area contributed by atoms with Gasteiger partial charge in [-0.25, -0.2) is 4.79 Å². The number of aliphatic hydroxyl groups is 2. The molecule has 6 heterocycles. The van der Waals surface area contributed by atoms with Crippen LogP contribution in [0.5, 0.6) is 5.75 Å². The number of nitrogens with zero attached hydrogens (tertiary/aromatic N) is 3. The summed E-state index contributed by atoms with van der Waals surface area (Å²) in [4.78, 5) is 53.1. The van der Waals surface area contributed by atoms with Crippen molar-refractivity contribution in [2.75, 3.05) is 66.0 Å². The minimum absolute atomic E-state index is 0.0972. The molecule has 3 aromatic rings. The summed E-state index contributed by atoms with van der Waals surface area (Å²) in [5.74, 6) is 4.62. The third kappa shape index (κ3) is 5.29. The summed E-state index contributed by atoms with van der Waals surface area (Å²) < 4.78 is 23.9. The van der Waals surface area contributed by atoms with Gasteiger partial charge < -0.3 is 43.9 Å². The minimum atomic E-state index is -2.31. The second-order valence-electron chi connectivity index (χ2n) is 17.9. The molecule has 1 unspecified atom stereocenters. The molecule has 6 aliphatic rings. The van der Waals surface area contributed by atoms with E-state index in [4.69, 9.17) is 18.9 Å². The summed E-state index contributed by atoms with van der Waals surface area (Å²) in [6.45, 7) is 8.34. The van der Waals surface area contributed by atoms with E-state index in [0.29, 0.717) is 81.8 Å². The number of nitrogens with one attached hydrogen (secondary N) is 1. The Hall–Kier alpha value is -4.87. The van der Waals surface area contributed by atoms with Gasteiger partial charge in [0, 0.05) is 96.5 Å². The summed E-state index contributed by atoms with van der Waals surface area (Å²) in [6, 6.07) is 8.85. The van der Waals surface area contributed by atoms with Gasteiger partial charge in [0.15, 0.2) is 6.10 Å². The number of anilines is 1. The van der Waals surface area contributed by atoms with E-state index in [1.165, 1.54) is 21.1 Å². The number of rotatable bonds is 6. The van der Waals surface area contributed by atoms with Gasteiger partial charge in [-0.15, -0.1) is 5.92 Å². The van der Waals surface area contributed by atoms with Crippen LogP contribution in [0.1, 0.15) is 74.4 Å². The van der Waals surface area contributed by atoms with Crippen molar-refractivity contribution >= 4 is 34.5 Å².